The van der Waals surface area contributed by atoms with Crippen molar-refractivity contribution in [1.29, 1.82) is 0 Å². The molecular weight excluding hydrogens is 380 g/mol. The Balaban J connectivity index is 1.49. The van der Waals surface area contributed by atoms with Crippen LogP contribution in [0.3, 0.4) is 0 Å². The van der Waals surface area contributed by atoms with Gasteiger partial charge in [-0.25, -0.2) is 8.42 Å². The summed E-state index contributed by atoms with van der Waals surface area (Å²) < 4.78 is 27.9. The van der Waals surface area contributed by atoms with Gasteiger partial charge in [0, 0.05) is 36.4 Å². The van der Waals surface area contributed by atoms with Gasteiger partial charge in [-0.2, -0.15) is 4.31 Å². The Morgan fingerprint density at radius 3 is 2.21 bits per heavy atom. The summed E-state index contributed by atoms with van der Waals surface area (Å²) in [7, 11) is -3.44. The Morgan fingerprint density at radius 1 is 0.966 bits per heavy atom. The van der Waals surface area contributed by atoms with Gasteiger partial charge in [0.15, 0.2) is 0 Å². The Bertz CT molecular complexity index is 1000. The average molecular weight is 411 g/mol. The number of rotatable bonds is 4. The van der Waals surface area contributed by atoms with Gasteiger partial charge in [0.25, 0.3) is 0 Å². The summed E-state index contributed by atoms with van der Waals surface area (Å²) in [6, 6.07) is 16.0. The van der Waals surface area contributed by atoms with E-state index in [0.29, 0.717) is 18.0 Å². The molecule has 0 aliphatic carbocycles. The first-order valence-corrected chi connectivity index (χ1v) is 11.9. The number of nitrogens with zero attached hydrogens (tertiary/aromatic N) is 2. The number of aryl methyl sites for hydroxylation is 2. The summed E-state index contributed by atoms with van der Waals surface area (Å²) >= 11 is 0. The third kappa shape index (κ3) is 3.51. The maximum absolute atomic E-state index is 13.1. The summed E-state index contributed by atoms with van der Waals surface area (Å²) in [5.41, 5.74) is 4.50. The van der Waals surface area contributed by atoms with E-state index in [1.807, 2.05) is 19.1 Å². The van der Waals surface area contributed by atoms with Crippen molar-refractivity contribution in [3.8, 4) is 0 Å². The van der Waals surface area contributed by atoms with Gasteiger partial charge in [0.1, 0.15) is 0 Å². The number of piperidine rings is 1. The van der Waals surface area contributed by atoms with E-state index in [-0.39, 0.29) is 5.41 Å². The largest absolute Gasteiger partial charge is 0.345 e. The summed E-state index contributed by atoms with van der Waals surface area (Å²) in [5, 5.41) is 0. The molecule has 2 aliphatic rings. The lowest BCUT2D eigenvalue weighted by molar-refractivity contribution is 0.201. The van der Waals surface area contributed by atoms with Crippen LogP contribution < -0.4 is 4.90 Å². The lowest BCUT2D eigenvalue weighted by Crippen LogP contribution is -2.43. The Labute approximate surface area is 174 Å². The normalized spacial score (nSPS) is 19.8. The SMILES string of the molecule is C=C1N(c2ccc(CC)cc2)CCC12CCN(S(=O)(=O)c1ccccc1C)CC2. The highest BCUT2D eigenvalue weighted by atomic mass is 32.2. The van der Waals surface area contributed by atoms with Crippen molar-refractivity contribution >= 4 is 15.7 Å². The van der Waals surface area contributed by atoms with Crippen LogP contribution in [0.15, 0.2) is 65.7 Å². The molecule has 0 atom stereocenters. The van der Waals surface area contributed by atoms with Gasteiger partial charge in [-0.1, -0.05) is 43.8 Å². The fraction of sp³-hybridized carbons (Fsp3) is 0.417. The van der Waals surface area contributed by atoms with Crippen molar-refractivity contribution in [3.05, 3.63) is 71.9 Å². The second kappa shape index (κ2) is 7.62. The summed E-state index contributed by atoms with van der Waals surface area (Å²) in [4.78, 5) is 2.75. The van der Waals surface area contributed by atoms with Crippen molar-refractivity contribution in [3.63, 3.8) is 0 Å². The lowest BCUT2D eigenvalue weighted by atomic mass is 9.76. The first-order valence-electron chi connectivity index (χ1n) is 10.5. The van der Waals surface area contributed by atoms with Crippen LogP contribution in [-0.2, 0) is 16.4 Å². The van der Waals surface area contributed by atoms with Crippen LogP contribution >= 0.6 is 0 Å². The molecule has 29 heavy (non-hydrogen) atoms. The molecule has 2 aromatic rings. The molecule has 0 aromatic heterocycles. The smallest absolute Gasteiger partial charge is 0.243 e. The van der Waals surface area contributed by atoms with E-state index in [0.717, 1.165) is 43.5 Å². The predicted octanol–water partition coefficient (Wildman–Crippen LogP) is 4.75. The molecule has 2 fully saturated rings. The van der Waals surface area contributed by atoms with Crippen molar-refractivity contribution < 1.29 is 8.42 Å². The zero-order chi connectivity index (χ0) is 20.6. The predicted molar refractivity (Wildman–Crippen MR) is 119 cm³/mol. The van der Waals surface area contributed by atoms with Crippen molar-refractivity contribution in [2.45, 2.75) is 44.4 Å². The topological polar surface area (TPSA) is 40.6 Å². The van der Waals surface area contributed by atoms with Gasteiger partial charge in [-0.05, 0) is 61.9 Å². The molecule has 0 unspecified atom stereocenters. The lowest BCUT2D eigenvalue weighted by Gasteiger charge is -2.40. The first kappa shape index (κ1) is 20.2. The fourth-order valence-electron chi connectivity index (χ4n) is 4.77. The third-order valence-electron chi connectivity index (χ3n) is 6.80. The van der Waals surface area contributed by atoms with Gasteiger partial charge < -0.3 is 4.90 Å². The number of hydrogen-bond acceptors (Lipinski definition) is 3. The van der Waals surface area contributed by atoms with Crippen LogP contribution in [0.5, 0.6) is 0 Å². The van der Waals surface area contributed by atoms with E-state index in [1.165, 1.54) is 11.3 Å². The highest BCUT2D eigenvalue weighted by molar-refractivity contribution is 7.89. The van der Waals surface area contributed by atoms with Crippen molar-refractivity contribution in [1.82, 2.24) is 4.31 Å². The van der Waals surface area contributed by atoms with Crippen LogP contribution in [0.2, 0.25) is 0 Å². The van der Waals surface area contributed by atoms with E-state index >= 15 is 0 Å². The van der Waals surface area contributed by atoms with Gasteiger partial charge in [0.05, 0.1) is 4.90 Å². The molecule has 0 N–H and O–H groups in total. The molecule has 0 bridgehead atoms. The summed E-state index contributed by atoms with van der Waals surface area (Å²) in [5.74, 6) is 0. The molecular formula is C24H30N2O2S. The monoisotopic (exact) mass is 410 g/mol. The molecule has 2 aromatic carbocycles. The minimum atomic E-state index is -3.44. The fourth-order valence-corrected chi connectivity index (χ4v) is 6.43. The van der Waals surface area contributed by atoms with Crippen LogP contribution in [0.25, 0.3) is 0 Å². The zero-order valence-electron chi connectivity index (χ0n) is 17.4. The molecule has 4 rings (SSSR count). The third-order valence-corrected chi connectivity index (χ3v) is 8.86. The number of anilines is 1. The van der Waals surface area contributed by atoms with Gasteiger partial charge >= 0.3 is 0 Å². The molecule has 154 valence electrons. The zero-order valence-corrected chi connectivity index (χ0v) is 18.2. The Hall–Kier alpha value is -2.11. The molecule has 4 nitrogen and oxygen atoms in total. The number of sulfonamides is 1. The maximum Gasteiger partial charge on any atom is 0.243 e. The minimum Gasteiger partial charge on any atom is -0.345 e. The molecule has 2 saturated heterocycles. The molecule has 2 aliphatic heterocycles. The maximum atomic E-state index is 13.1. The van der Waals surface area contributed by atoms with E-state index in [9.17, 15) is 8.42 Å². The molecule has 5 heteroatoms. The van der Waals surface area contributed by atoms with Crippen molar-refractivity contribution in [2.24, 2.45) is 5.41 Å². The standard InChI is InChI=1S/C24H30N2O2S/c1-4-21-9-11-22(12-10-21)26-18-15-24(20(26)3)13-16-25(17-14-24)29(27,28)23-8-6-5-7-19(23)2/h5-12H,3-4,13-18H2,1-2H3. The van der Waals surface area contributed by atoms with Gasteiger partial charge in [-0.15, -0.1) is 0 Å². The van der Waals surface area contributed by atoms with Crippen LogP contribution in [0.1, 0.15) is 37.3 Å². The number of benzene rings is 2. The highest BCUT2D eigenvalue weighted by Crippen LogP contribution is 2.49. The molecule has 2 heterocycles. The van der Waals surface area contributed by atoms with Crippen LogP contribution in [0.4, 0.5) is 5.69 Å². The van der Waals surface area contributed by atoms with Crippen LogP contribution in [0, 0.1) is 12.3 Å². The van der Waals surface area contributed by atoms with Gasteiger partial charge in [0.2, 0.25) is 10.0 Å². The summed E-state index contributed by atoms with van der Waals surface area (Å²) in [6.07, 6.45) is 3.75. The summed E-state index contributed by atoms with van der Waals surface area (Å²) in [6.45, 7) is 10.5. The van der Waals surface area contributed by atoms with Crippen LogP contribution in [-0.4, -0.2) is 32.4 Å². The van der Waals surface area contributed by atoms with Gasteiger partial charge in [-0.3, -0.25) is 0 Å². The Morgan fingerprint density at radius 2 is 1.59 bits per heavy atom. The second-order valence-corrected chi connectivity index (χ2v) is 10.2. The van der Waals surface area contributed by atoms with E-state index in [1.54, 1.807) is 16.4 Å². The Kier molecular flexibility index (Phi) is 5.30. The molecule has 1 spiro atoms. The van der Waals surface area contributed by atoms with Crippen molar-refractivity contribution in [2.75, 3.05) is 24.5 Å². The molecule has 0 saturated carbocycles. The molecule has 0 amide bonds. The first-order chi connectivity index (χ1) is 13.9. The minimum absolute atomic E-state index is 0.0151. The molecule has 0 radical (unpaired) electrons. The van der Waals surface area contributed by atoms with E-state index in [2.05, 4.69) is 42.7 Å². The number of allylic oxidation sites excluding steroid dienone is 1. The van der Waals surface area contributed by atoms with E-state index < -0.39 is 10.0 Å². The highest BCUT2D eigenvalue weighted by Gasteiger charge is 2.46. The number of hydrogen-bond donors (Lipinski definition) is 0. The average Bonchev–Trinajstić information content (AvgIpc) is 3.04. The quantitative estimate of drug-likeness (QED) is 0.730. The van der Waals surface area contributed by atoms with E-state index in [4.69, 9.17) is 0 Å². The second-order valence-electron chi connectivity index (χ2n) is 8.32.